The molecule has 0 radical (unpaired) electrons. The summed E-state index contributed by atoms with van der Waals surface area (Å²) in [7, 11) is 0. The number of halogens is 1. The van der Waals surface area contributed by atoms with Gasteiger partial charge in [-0.05, 0) is 44.2 Å². The highest BCUT2D eigenvalue weighted by Crippen LogP contribution is 2.32. The highest BCUT2D eigenvalue weighted by Gasteiger charge is 2.08. The molecule has 0 aliphatic heterocycles. The van der Waals surface area contributed by atoms with Gasteiger partial charge in [0.1, 0.15) is 0 Å². The predicted octanol–water partition coefficient (Wildman–Crippen LogP) is 3.59. The van der Waals surface area contributed by atoms with Gasteiger partial charge in [0.2, 0.25) is 0 Å². The molecule has 1 aromatic carbocycles. The summed E-state index contributed by atoms with van der Waals surface area (Å²) in [6.07, 6.45) is 0. The van der Waals surface area contributed by atoms with Crippen molar-refractivity contribution in [3.8, 4) is 22.8 Å². The third-order valence-electron chi connectivity index (χ3n) is 2.47. The number of nitrogens with zero attached hydrogens (tertiary/aromatic N) is 2. The monoisotopic (exact) mass is 278 g/mol. The van der Waals surface area contributed by atoms with Crippen LogP contribution in [-0.4, -0.2) is 23.4 Å². The minimum atomic E-state index is 0.375. The largest absolute Gasteiger partial charge is 0.490 e. The molecule has 4 nitrogen and oxygen atoms in total. The number of hydrogen-bond acceptors (Lipinski definition) is 4. The van der Waals surface area contributed by atoms with Crippen molar-refractivity contribution in [3.05, 3.63) is 35.5 Å². The lowest BCUT2D eigenvalue weighted by Crippen LogP contribution is -1.99. The SMILES string of the molecule is CCOc1ccc(-c2ccc(Cl)nn2)cc1OCC. The van der Waals surface area contributed by atoms with Gasteiger partial charge in [-0.3, -0.25) is 0 Å². The average Bonchev–Trinajstić information content (AvgIpc) is 2.42. The number of aromatic nitrogens is 2. The van der Waals surface area contributed by atoms with Gasteiger partial charge in [0.25, 0.3) is 0 Å². The van der Waals surface area contributed by atoms with Gasteiger partial charge in [-0.2, -0.15) is 0 Å². The van der Waals surface area contributed by atoms with Gasteiger partial charge in [0.15, 0.2) is 16.7 Å². The maximum Gasteiger partial charge on any atom is 0.161 e. The van der Waals surface area contributed by atoms with Crippen LogP contribution >= 0.6 is 11.6 Å². The molecule has 2 aromatic rings. The van der Waals surface area contributed by atoms with Crippen molar-refractivity contribution < 1.29 is 9.47 Å². The second kappa shape index (κ2) is 6.38. The molecule has 1 heterocycles. The van der Waals surface area contributed by atoms with E-state index in [9.17, 15) is 0 Å². The molecule has 0 saturated carbocycles. The second-order valence-electron chi connectivity index (χ2n) is 3.77. The van der Waals surface area contributed by atoms with Crippen LogP contribution in [0.2, 0.25) is 5.15 Å². The smallest absolute Gasteiger partial charge is 0.161 e. The lowest BCUT2D eigenvalue weighted by atomic mass is 10.1. The van der Waals surface area contributed by atoms with Gasteiger partial charge < -0.3 is 9.47 Å². The predicted molar refractivity (Wildman–Crippen MR) is 74.8 cm³/mol. The fraction of sp³-hybridized carbons (Fsp3) is 0.286. The van der Waals surface area contributed by atoms with Crippen LogP contribution in [0.25, 0.3) is 11.3 Å². The Bertz CT molecular complexity index is 544. The molecule has 0 bridgehead atoms. The minimum Gasteiger partial charge on any atom is -0.490 e. The van der Waals surface area contributed by atoms with Crippen LogP contribution in [0.15, 0.2) is 30.3 Å². The molecule has 1 aromatic heterocycles. The molecular formula is C14H15ClN2O2. The van der Waals surface area contributed by atoms with E-state index in [1.165, 1.54) is 0 Å². The summed E-state index contributed by atoms with van der Waals surface area (Å²) in [6, 6.07) is 9.22. The van der Waals surface area contributed by atoms with Crippen LogP contribution in [0.3, 0.4) is 0 Å². The molecule has 0 N–H and O–H groups in total. The quantitative estimate of drug-likeness (QED) is 0.838. The third kappa shape index (κ3) is 3.35. The van der Waals surface area contributed by atoms with Crippen molar-refractivity contribution >= 4 is 11.6 Å². The Hall–Kier alpha value is -1.81. The number of ether oxygens (including phenoxy) is 2. The number of benzene rings is 1. The van der Waals surface area contributed by atoms with Crippen LogP contribution < -0.4 is 9.47 Å². The van der Waals surface area contributed by atoms with Crippen LogP contribution in [0.5, 0.6) is 11.5 Å². The van der Waals surface area contributed by atoms with Gasteiger partial charge >= 0.3 is 0 Å². The molecule has 0 amide bonds. The van der Waals surface area contributed by atoms with Crippen LogP contribution in [0, 0.1) is 0 Å². The Morgan fingerprint density at radius 3 is 2.32 bits per heavy atom. The summed E-state index contributed by atoms with van der Waals surface area (Å²) in [5, 5.41) is 8.26. The summed E-state index contributed by atoms with van der Waals surface area (Å²) in [5.74, 6) is 1.44. The van der Waals surface area contributed by atoms with E-state index in [-0.39, 0.29) is 0 Å². The van der Waals surface area contributed by atoms with Crippen molar-refractivity contribution in [2.24, 2.45) is 0 Å². The zero-order valence-corrected chi connectivity index (χ0v) is 11.6. The van der Waals surface area contributed by atoms with E-state index in [0.29, 0.717) is 24.1 Å². The Balaban J connectivity index is 2.36. The van der Waals surface area contributed by atoms with Crippen LogP contribution in [0.4, 0.5) is 0 Å². The summed E-state index contributed by atoms with van der Waals surface area (Å²) < 4.78 is 11.1. The summed E-state index contributed by atoms with van der Waals surface area (Å²) in [4.78, 5) is 0. The molecule has 0 fully saturated rings. The third-order valence-corrected chi connectivity index (χ3v) is 2.67. The highest BCUT2D eigenvalue weighted by molar-refractivity contribution is 6.29. The van der Waals surface area contributed by atoms with Crippen molar-refractivity contribution in [2.75, 3.05) is 13.2 Å². The maximum atomic E-state index is 5.73. The van der Waals surface area contributed by atoms with Crippen molar-refractivity contribution in [1.82, 2.24) is 10.2 Å². The Morgan fingerprint density at radius 2 is 1.68 bits per heavy atom. The summed E-state index contributed by atoms with van der Waals surface area (Å²) in [6.45, 7) is 5.05. The molecule has 100 valence electrons. The molecule has 0 saturated heterocycles. The fourth-order valence-electron chi connectivity index (χ4n) is 1.68. The van der Waals surface area contributed by atoms with Gasteiger partial charge in [-0.15, -0.1) is 10.2 Å². The topological polar surface area (TPSA) is 44.2 Å². The molecule has 0 aliphatic rings. The summed E-state index contributed by atoms with van der Waals surface area (Å²) >= 11 is 5.73. The second-order valence-corrected chi connectivity index (χ2v) is 4.16. The normalized spacial score (nSPS) is 10.3. The summed E-state index contributed by atoms with van der Waals surface area (Å²) in [5.41, 5.74) is 1.66. The van der Waals surface area contributed by atoms with E-state index >= 15 is 0 Å². The number of hydrogen-bond donors (Lipinski definition) is 0. The molecule has 0 unspecified atom stereocenters. The van der Waals surface area contributed by atoms with Crippen molar-refractivity contribution in [3.63, 3.8) is 0 Å². The first kappa shape index (κ1) is 13.6. The highest BCUT2D eigenvalue weighted by atomic mass is 35.5. The van der Waals surface area contributed by atoms with Crippen molar-refractivity contribution in [1.29, 1.82) is 0 Å². The Labute approximate surface area is 117 Å². The van der Waals surface area contributed by atoms with Gasteiger partial charge in [0, 0.05) is 5.56 Å². The molecule has 0 atom stereocenters. The average molecular weight is 279 g/mol. The zero-order chi connectivity index (χ0) is 13.7. The van der Waals surface area contributed by atoms with Gasteiger partial charge in [-0.25, -0.2) is 0 Å². The van der Waals surface area contributed by atoms with Gasteiger partial charge in [-0.1, -0.05) is 11.6 Å². The van der Waals surface area contributed by atoms with E-state index in [2.05, 4.69) is 10.2 Å². The first-order valence-corrected chi connectivity index (χ1v) is 6.51. The van der Waals surface area contributed by atoms with E-state index in [1.807, 2.05) is 38.1 Å². The molecule has 0 spiro atoms. The van der Waals surface area contributed by atoms with E-state index in [1.54, 1.807) is 6.07 Å². The maximum absolute atomic E-state index is 5.73. The van der Waals surface area contributed by atoms with Gasteiger partial charge in [0.05, 0.1) is 18.9 Å². The zero-order valence-electron chi connectivity index (χ0n) is 10.9. The first-order chi connectivity index (χ1) is 9.24. The van der Waals surface area contributed by atoms with E-state index in [0.717, 1.165) is 17.0 Å². The standard InChI is InChI=1S/C14H15ClN2O2/c1-3-18-12-7-5-10(9-13(12)19-4-2)11-6-8-14(15)17-16-11/h5-9H,3-4H2,1-2H3. The Kier molecular flexibility index (Phi) is 4.58. The lowest BCUT2D eigenvalue weighted by Gasteiger charge is -2.12. The Morgan fingerprint density at radius 1 is 0.947 bits per heavy atom. The molecular weight excluding hydrogens is 264 g/mol. The molecule has 2 rings (SSSR count). The van der Waals surface area contributed by atoms with Crippen LogP contribution in [0.1, 0.15) is 13.8 Å². The van der Waals surface area contributed by atoms with E-state index < -0.39 is 0 Å². The van der Waals surface area contributed by atoms with E-state index in [4.69, 9.17) is 21.1 Å². The number of rotatable bonds is 5. The lowest BCUT2D eigenvalue weighted by molar-refractivity contribution is 0.288. The molecule has 19 heavy (non-hydrogen) atoms. The minimum absolute atomic E-state index is 0.375. The first-order valence-electron chi connectivity index (χ1n) is 6.13. The van der Waals surface area contributed by atoms with Crippen molar-refractivity contribution in [2.45, 2.75) is 13.8 Å². The molecule has 0 aliphatic carbocycles. The fourth-order valence-corrected chi connectivity index (χ4v) is 1.78. The van der Waals surface area contributed by atoms with Crippen LogP contribution in [-0.2, 0) is 0 Å². The molecule has 5 heteroatoms.